The summed E-state index contributed by atoms with van der Waals surface area (Å²) in [4.78, 5) is 11.9. The predicted octanol–water partition coefficient (Wildman–Crippen LogP) is 1.96. The second kappa shape index (κ2) is 5.00. The smallest absolute Gasteiger partial charge is 0.163 e. The van der Waals surface area contributed by atoms with Gasteiger partial charge in [0.25, 0.3) is 0 Å². The van der Waals surface area contributed by atoms with Crippen LogP contribution in [0.3, 0.4) is 0 Å². The summed E-state index contributed by atoms with van der Waals surface area (Å²) in [5.41, 5.74) is 6.74. The van der Waals surface area contributed by atoms with Gasteiger partial charge in [0.2, 0.25) is 0 Å². The molecule has 0 aliphatic rings. The van der Waals surface area contributed by atoms with Gasteiger partial charge in [-0.05, 0) is 30.7 Å². The standard InChI is InChI=1S/C13H14FN3O/c1-17-10(6-7-16-17)3-5-13(18)9-2-4-12(15)11(14)8-9/h2,4,6-8H,3,5,15H2,1H3. The molecule has 0 radical (unpaired) electrons. The van der Waals surface area contributed by atoms with Crippen molar-refractivity contribution in [3.63, 3.8) is 0 Å². The van der Waals surface area contributed by atoms with Crippen LogP contribution in [0.2, 0.25) is 0 Å². The zero-order valence-electron chi connectivity index (χ0n) is 10.1. The molecule has 0 aliphatic carbocycles. The normalized spacial score (nSPS) is 10.6. The number of hydrogen-bond acceptors (Lipinski definition) is 3. The number of Topliss-reactive ketones (excluding diaryl/α,β-unsaturated/α-hetero) is 1. The van der Waals surface area contributed by atoms with Gasteiger partial charge in [-0.3, -0.25) is 9.48 Å². The van der Waals surface area contributed by atoms with Gasteiger partial charge in [-0.25, -0.2) is 4.39 Å². The number of hydrogen-bond donors (Lipinski definition) is 1. The summed E-state index contributed by atoms with van der Waals surface area (Å²) >= 11 is 0. The highest BCUT2D eigenvalue weighted by atomic mass is 19.1. The molecule has 5 heteroatoms. The molecular formula is C13H14FN3O. The minimum atomic E-state index is -0.554. The molecule has 0 aliphatic heterocycles. The fourth-order valence-corrected chi connectivity index (χ4v) is 1.73. The summed E-state index contributed by atoms with van der Waals surface area (Å²) in [5, 5.41) is 4.02. The van der Waals surface area contributed by atoms with Crippen LogP contribution < -0.4 is 5.73 Å². The monoisotopic (exact) mass is 247 g/mol. The quantitative estimate of drug-likeness (QED) is 0.663. The number of ketones is 1. The van der Waals surface area contributed by atoms with Gasteiger partial charge in [0.05, 0.1) is 5.69 Å². The second-order valence-electron chi connectivity index (χ2n) is 4.11. The number of nitrogens with zero attached hydrogens (tertiary/aromatic N) is 2. The zero-order chi connectivity index (χ0) is 13.1. The van der Waals surface area contributed by atoms with Gasteiger partial charge in [0.15, 0.2) is 5.78 Å². The summed E-state index contributed by atoms with van der Waals surface area (Å²) in [5.74, 6) is -0.656. The van der Waals surface area contributed by atoms with E-state index in [4.69, 9.17) is 5.73 Å². The van der Waals surface area contributed by atoms with Crippen LogP contribution in [0.4, 0.5) is 10.1 Å². The van der Waals surface area contributed by atoms with Crippen molar-refractivity contribution < 1.29 is 9.18 Å². The average molecular weight is 247 g/mol. The fraction of sp³-hybridized carbons (Fsp3) is 0.231. The topological polar surface area (TPSA) is 60.9 Å². The lowest BCUT2D eigenvalue weighted by atomic mass is 10.0. The number of carbonyl (C=O) groups excluding carboxylic acids is 1. The van der Waals surface area contributed by atoms with Gasteiger partial charge in [-0.2, -0.15) is 5.10 Å². The predicted molar refractivity (Wildman–Crippen MR) is 66.7 cm³/mol. The molecule has 0 saturated heterocycles. The number of carbonyl (C=O) groups is 1. The highest BCUT2D eigenvalue weighted by molar-refractivity contribution is 5.96. The van der Waals surface area contributed by atoms with E-state index >= 15 is 0 Å². The van der Waals surface area contributed by atoms with E-state index in [1.54, 1.807) is 16.9 Å². The van der Waals surface area contributed by atoms with Crippen molar-refractivity contribution in [2.24, 2.45) is 7.05 Å². The van der Waals surface area contributed by atoms with Crippen molar-refractivity contribution in [3.05, 3.63) is 47.5 Å². The maximum Gasteiger partial charge on any atom is 0.163 e. The van der Waals surface area contributed by atoms with Crippen LogP contribution in [0, 0.1) is 5.82 Å². The molecule has 0 atom stereocenters. The fourth-order valence-electron chi connectivity index (χ4n) is 1.73. The zero-order valence-corrected chi connectivity index (χ0v) is 10.1. The molecule has 2 aromatic rings. The first-order valence-electron chi connectivity index (χ1n) is 5.63. The van der Waals surface area contributed by atoms with Gasteiger partial charge < -0.3 is 5.73 Å². The molecular weight excluding hydrogens is 233 g/mol. The first kappa shape index (κ1) is 12.3. The summed E-state index contributed by atoms with van der Waals surface area (Å²) in [6.45, 7) is 0. The first-order chi connectivity index (χ1) is 8.58. The summed E-state index contributed by atoms with van der Waals surface area (Å²) < 4.78 is 14.9. The van der Waals surface area contributed by atoms with Crippen molar-refractivity contribution in [1.82, 2.24) is 9.78 Å². The number of nitrogens with two attached hydrogens (primary N) is 1. The van der Waals surface area contributed by atoms with Crippen LogP contribution in [0.5, 0.6) is 0 Å². The van der Waals surface area contributed by atoms with Crippen molar-refractivity contribution in [2.45, 2.75) is 12.8 Å². The Balaban J connectivity index is 2.04. The lowest BCUT2D eigenvalue weighted by molar-refractivity contribution is 0.0982. The van der Waals surface area contributed by atoms with E-state index < -0.39 is 5.82 Å². The Labute approximate surface area is 104 Å². The third-order valence-corrected chi connectivity index (χ3v) is 2.85. The van der Waals surface area contributed by atoms with Crippen molar-refractivity contribution in [1.29, 1.82) is 0 Å². The van der Waals surface area contributed by atoms with Gasteiger partial charge in [0.1, 0.15) is 5.82 Å². The molecule has 0 amide bonds. The SMILES string of the molecule is Cn1nccc1CCC(=O)c1ccc(N)c(F)c1. The molecule has 4 nitrogen and oxygen atoms in total. The van der Waals surface area contributed by atoms with Gasteiger partial charge in [0, 0.05) is 30.9 Å². The van der Waals surface area contributed by atoms with Gasteiger partial charge >= 0.3 is 0 Å². The van der Waals surface area contributed by atoms with Crippen molar-refractivity contribution in [3.8, 4) is 0 Å². The number of benzene rings is 1. The van der Waals surface area contributed by atoms with E-state index in [0.29, 0.717) is 18.4 Å². The number of aryl methyl sites for hydroxylation is 2. The lowest BCUT2D eigenvalue weighted by Gasteiger charge is -2.03. The van der Waals surface area contributed by atoms with Crippen molar-refractivity contribution >= 4 is 11.5 Å². The Hall–Kier alpha value is -2.17. The molecule has 0 saturated carbocycles. The van der Waals surface area contributed by atoms with E-state index in [9.17, 15) is 9.18 Å². The Bertz CT molecular complexity index is 577. The van der Waals surface area contributed by atoms with Crippen LogP contribution in [0.1, 0.15) is 22.5 Å². The number of nitrogen functional groups attached to an aromatic ring is 1. The number of rotatable bonds is 4. The molecule has 0 spiro atoms. The van der Waals surface area contributed by atoms with Crippen molar-refractivity contribution in [2.75, 3.05) is 5.73 Å². The lowest BCUT2D eigenvalue weighted by Crippen LogP contribution is -2.05. The summed E-state index contributed by atoms with van der Waals surface area (Å²) in [6.07, 6.45) is 2.59. The molecule has 94 valence electrons. The van der Waals surface area contributed by atoms with Gasteiger partial charge in [-0.15, -0.1) is 0 Å². The van der Waals surface area contributed by atoms with E-state index in [0.717, 1.165) is 5.69 Å². The van der Waals surface area contributed by atoms with E-state index in [-0.39, 0.29) is 11.5 Å². The van der Waals surface area contributed by atoms with Crippen LogP contribution in [-0.4, -0.2) is 15.6 Å². The third kappa shape index (κ3) is 2.56. The second-order valence-corrected chi connectivity index (χ2v) is 4.11. The van der Waals surface area contributed by atoms with Crippen LogP contribution in [0.25, 0.3) is 0 Å². The van der Waals surface area contributed by atoms with Crippen LogP contribution >= 0.6 is 0 Å². The first-order valence-corrected chi connectivity index (χ1v) is 5.63. The number of anilines is 1. The minimum Gasteiger partial charge on any atom is -0.396 e. The molecule has 0 bridgehead atoms. The minimum absolute atomic E-state index is 0.0539. The van der Waals surface area contributed by atoms with E-state index in [1.807, 2.05) is 13.1 Å². The maximum atomic E-state index is 13.2. The molecule has 18 heavy (non-hydrogen) atoms. The molecule has 2 N–H and O–H groups in total. The largest absolute Gasteiger partial charge is 0.396 e. The van der Waals surface area contributed by atoms with Crippen LogP contribution in [0.15, 0.2) is 30.5 Å². The number of aromatic nitrogens is 2. The summed E-state index contributed by atoms with van der Waals surface area (Å²) in [7, 11) is 1.82. The van der Waals surface area contributed by atoms with Gasteiger partial charge in [-0.1, -0.05) is 0 Å². The number of halogens is 1. The van der Waals surface area contributed by atoms with E-state index in [1.165, 1.54) is 12.1 Å². The highest BCUT2D eigenvalue weighted by Crippen LogP contribution is 2.14. The molecule has 0 fully saturated rings. The van der Waals surface area contributed by atoms with E-state index in [2.05, 4.69) is 5.10 Å². The molecule has 1 aromatic carbocycles. The Kier molecular flexibility index (Phi) is 3.41. The molecule has 1 heterocycles. The molecule has 1 aromatic heterocycles. The van der Waals surface area contributed by atoms with Crippen LogP contribution in [-0.2, 0) is 13.5 Å². The average Bonchev–Trinajstić information content (AvgIpc) is 2.75. The maximum absolute atomic E-state index is 13.2. The Morgan fingerprint density at radius 1 is 1.44 bits per heavy atom. The highest BCUT2D eigenvalue weighted by Gasteiger charge is 2.09. The third-order valence-electron chi connectivity index (χ3n) is 2.85. The Morgan fingerprint density at radius 3 is 2.83 bits per heavy atom. The molecule has 2 rings (SSSR count). The Morgan fingerprint density at radius 2 is 2.22 bits per heavy atom. The molecule has 0 unspecified atom stereocenters. The summed E-state index contributed by atoms with van der Waals surface area (Å²) in [6, 6.07) is 5.99.